The summed E-state index contributed by atoms with van der Waals surface area (Å²) in [4.78, 5) is 53.3. The summed E-state index contributed by atoms with van der Waals surface area (Å²) in [7, 11) is 0. The van der Waals surface area contributed by atoms with Crippen molar-refractivity contribution in [1.82, 2.24) is 20.5 Å². The maximum Gasteiger partial charge on any atom is 0.404 e. The third-order valence-corrected chi connectivity index (χ3v) is 6.29. The SMILES string of the molecule is O=C(O)NC1CCN(C(=O)C=Cc2cnccc2Oc2ccc(NC(=O)NC(=O)Cc3ccc(F)cc3)cc2F)CC1. The van der Waals surface area contributed by atoms with Gasteiger partial charge in [-0.3, -0.25) is 19.9 Å². The smallest absolute Gasteiger partial charge is 0.404 e. The molecule has 1 aliphatic heterocycles. The first-order chi connectivity index (χ1) is 20.2. The number of aromatic nitrogens is 1. The van der Waals surface area contributed by atoms with Crippen molar-refractivity contribution in [3.63, 3.8) is 0 Å². The highest BCUT2D eigenvalue weighted by Crippen LogP contribution is 2.29. The molecule has 3 aromatic rings. The molecule has 1 fully saturated rings. The van der Waals surface area contributed by atoms with Gasteiger partial charge in [0.2, 0.25) is 11.8 Å². The number of rotatable bonds is 8. The standard InChI is InChI=1S/C29H27F2N5O6/c30-20-4-1-18(2-5-20)15-26(37)35-28(39)33-22-6-7-25(23(31)16-22)42-24-9-12-32-17-19(24)3-8-27(38)36-13-10-21(11-14-36)34-29(40)41/h1-9,12,16-17,21,34H,10-11,13-15H2,(H,40,41)(H2,33,35,37,39). The minimum absolute atomic E-state index is 0.0645. The molecule has 1 saturated heterocycles. The number of halogens is 2. The fourth-order valence-electron chi connectivity index (χ4n) is 4.20. The number of hydrogen-bond donors (Lipinski definition) is 4. The van der Waals surface area contributed by atoms with Gasteiger partial charge in [0.05, 0.1) is 6.42 Å². The number of carbonyl (C=O) groups excluding carboxylic acids is 3. The Labute approximate surface area is 239 Å². The lowest BCUT2D eigenvalue weighted by molar-refractivity contribution is -0.127. The second-order valence-corrected chi connectivity index (χ2v) is 9.35. The minimum Gasteiger partial charge on any atom is -0.465 e. The van der Waals surface area contributed by atoms with E-state index >= 15 is 0 Å². The molecule has 11 nitrogen and oxygen atoms in total. The zero-order valence-electron chi connectivity index (χ0n) is 22.2. The Balaban J connectivity index is 1.32. The number of pyridine rings is 1. The van der Waals surface area contributed by atoms with Crippen molar-refractivity contribution in [2.75, 3.05) is 18.4 Å². The Hall–Kier alpha value is -5.33. The van der Waals surface area contributed by atoms with E-state index in [1.807, 2.05) is 0 Å². The summed E-state index contributed by atoms with van der Waals surface area (Å²) in [5.74, 6) is -2.08. The van der Waals surface area contributed by atoms with Crippen molar-refractivity contribution in [3.8, 4) is 11.5 Å². The first-order valence-corrected chi connectivity index (χ1v) is 12.9. The highest BCUT2D eigenvalue weighted by atomic mass is 19.1. The van der Waals surface area contributed by atoms with E-state index < -0.39 is 29.7 Å². The van der Waals surface area contributed by atoms with Gasteiger partial charge in [0.15, 0.2) is 11.6 Å². The topological polar surface area (TPSA) is 150 Å². The molecule has 2 heterocycles. The number of piperidine rings is 1. The number of anilines is 1. The Morgan fingerprint density at radius 2 is 1.76 bits per heavy atom. The molecule has 2 aromatic carbocycles. The number of benzene rings is 2. The van der Waals surface area contributed by atoms with Crippen LogP contribution in [0.5, 0.6) is 11.5 Å². The van der Waals surface area contributed by atoms with E-state index in [4.69, 9.17) is 9.84 Å². The zero-order chi connectivity index (χ0) is 30.1. The van der Waals surface area contributed by atoms with E-state index in [1.165, 1.54) is 67.0 Å². The second-order valence-electron chi connectivity index (χ2n) is 9.35. The van der Waals surface area contributed by atoms with Crippen LogP contribution < -0.4 is 20.7 Å². The Morgan fingerprint density at radius 1 is 1.02 bits per heavy atom. The summed E-state index contributed by atoms with van der Waals surface area (Å²) >= 11 is 0. The van der Waals surface area contributed by atoms with Gasteiger partial charge in [0.25, 0.3) is 0 Å². The summed E-state index contributed by atoms with van der Waals surface area (Å²) in [6.07, 6.45) is 5.49. The molecule has 42 heavy (non-hydrogen) atoms. The van der Waals surface area contributed by atoms with Crippen molar-refractivity contribution in [2.45, 2.75) is 25.3 Å². The van der Waals surface area contributed by atoms with Gasteiger partial charge in [-0.15, -0.1) is 0 Å². The van der Waals surface area contributed by atoms with Crippen LogP contribution in [0.1, 0.15) is 24.0 Å². The van der Waals surface area contributed by atoms with Crippen molar-refractivity contribution in [2.24, 2.45) is 0 Å². The number of urea groups is 1. The molecule has 13 heteroatoms. The van der Waals surface area contributed by atoms with Gasteiger partial charge in [-0.1, -0.05) is 12.1 Å². The average molecular weight is 580 g/mol. The molecule has 4 N–H and O–H groups in total. The summed E-state index contributed by atoms with van der Waals surface area (Å²) in [5, 5.41) is 15.7. The number of hydrogen-bond acceptors (Lipinski definition) is 6. The van der Waals surface area contributed by atoms with E-state index in [2.05, 4.69) is 20.9 Å². The fraction of sp³-hybridized carbons (Fsp3) is 0.207. The highest BCUT2D eigenvalue weighted by molar-refractivity contribution is 6.01. The van der Waals surface area contributed by atoms with Crippen LogP contribution in [0.3, 0.4) is 0 Å². The van der Waals surface area contributed by atoms with Gasteiger partial charge in [0.1, 0.15) is 11.6 Å². The molecule has 5 amide bonds. The predicted molar refractivity (Wildman–Crippen MR) is 148 cm³/mol. The predicted octanol–water partition coefficient (Wildman–Crippen LogP) is 4.31. The van der Waals surface area contributed by atoms with Gasteiger partial charge in [-0.2, -0.15) is 0 Å². The lowest BCUT2D eigenvalue weighted by atomic mass is 10.1. The maximum absolute atomic E-state index is 14.8. The van der Waals surface area contributed by atoms with Crippen LogP contribution in [0.25, 0.3) is 6.08 Å². The highest BCUT2D eigenvalue weighted by Gasteiger charge is 2.22. The van der Waals surface area contributed by atoms with Crippen LogP contribution in [0.15, 0.2) is 67.0 Å². The lowest BCUT2D eigenvalue weighted by Gasteiger charge is -2.31. The van der Waals surface area contributed by atoms with Crippen LogP contribution in [-0.4, -0.2) is 58.1 Å². The van der Waals surface area contributed by atoms with Crippen LogP contribution >= 0.6 is 0 Å². The maximum atomic E-state index is 14.8. The number of nitrogens with zero attached hydrogens (tertiary/aromatic N) is 2. The van der Waals surface area contributed by atoms with Crippen LogP contribution in [0.2, 0.25) is 0 Å². The van der Waals surface area contributed by atoms with E-state index in [9.17, 15) is 28.0 Å². The van der Waals surface area contributed by atoms with Crippen molar-refractivity contribution in [1.29, 1.82) is 0 Å². The molecule has 0 spiro atoms. The first-order valence-electron chi connectivity index (χ1n) is 12.9. The van der Waals surface area contributed by atoms with Crippen molar-refractivity contribution in [3.05, 3.63) is 89.8 Å². The third kappa shape index (κ3) is 8.58. The molecule has 4 rings (SSSR count). The van der Waals surface area contributed by atoms with Crippen LogP contribution in [0.4, 0.5) is 24.1 Å². The Bertz CT molecular complexity index is 1490. The summed E-state index contributed by atoms with van der Waals surface area (Å²) in [5.41, 5.74) is 0.989. The lowest BCUT2D eigenvalue weighted by Crippen LogP contribution is -2.45. The number of carbonyl (C=O) groups is 4. The molecule has 0 unspecified atom stereocenters. The molecule has 0 saturated carbocycles. The number of ether oxygens (including phenoxy) is 1. The number of imide groups is 1. The molecular formula is C29H27F2N5O6. The van der Waals surface area contributed by atoms with Gasteiger partial charge in [-0.25, -0.2) is 18.4 Å². The summed E-state index contributed by atoms with van der Waals surface area (Å²) in [6, 6.07) is 9.38. The molecular weight excluding hydrogens is 552 g/mol. The molecule has 218 valence electrons. The van der Waals surface area contributed by atoms with Gasteiger partial charge >= 0.3 is 12.1 Å². The Morgan fingerprint density at radius 3 is 2.45 bits per heavy atom. The van der Waals surface area contributed by atoms with Crippen molar-refractivity contribution >= 4 is 35.7 Å². The largest absolute Gasteiger partial charge is 0.465 e. The zero-order valence-corrected chi connectivity index (χ0v) is 22.2. The van der Waals surface area contributed by atoms with Crippen LogP contribution in [0, 0.1) is 11.6 Å². The van der Waals surface area contributed by atoms with Gasteiger partial charge in [-0.05, 0) is 54.8 Å². The molecule has 1 aromatic heterocycles. The van der Waals surface area contributed by atoms with Crippen LogP contribution in [-0.2, 0) is 16.0 Å². The van der Waals surface area contributed by atoms with E-state index in [-0.39, 0.29) is 35.6 Å². The summed E-state index contributed by atoms with van der Waals surface area (Å²) < 4.78 is 33.5. The number of nitrogens with one attached hydrogen (secondary N) is 3. The van der Waals surface area contributed by atoms with Gasteiger partial charge < -0.3 is 25.4 Å². The van der Waals surface area contributed by atoms with Crippen molar-refractivity contribution < 1.29 is 37.8 Å². The van der Waals surface area contributed by atoms with E-state index in [0.717, 1.165) is 6.07 Å². The molecule has 0 radical (unpaired) electrons. The third-order valence-electron chi connectivity index (χ3n) is 6.29. The van der Waals surface area contributed by atoms with Gasteiger partial charge in [0, 0.05) is 54.9 Å². The average Bonchev–Trinajstić information content (AvgIpc) is 2.95. The molecule has 0 bridgehead atoms. The normalized spacial score (nSPS) is 13.4. The second kappa shape index (κ2) is 13.8. The molecule has 1 aliphatic rings. The number of carboxylic acid groups (broad SMARTS) is 1. The van der Waals surface area contributed by atoms with E-state index in [1.54, 1.807) is 4.90 Å². The fourth-order valence-corrected chi connectivity index (χ4v) is 4.20. The monoisotopic (exact) mass is 579 g/mol. The minimum atomic E-state index is -1.09. The molecule has 0 atom stereocenters. The molecule has 0 aliphatic carbocycles. The first kappa shape index (κ1) is 29.6. The quantitative estimate of drug-likeness (QED) is 0.291. The summed E-state index contributed by atoms with van der Waals surface area (Å²) in [6.45, 7) is 0.799. The number of likely N-dealkylation sites (tertiary alicyclic amines) is 1. The van der Waals surface area contributed by atoms with E-state index in [0.29, 0.717) is 37.1 Å². The number of amides is 5. The Kier molecular flexibility index (Phi) is 9.77.